The number of rotatable bonds is 7. The van der Waals surface area contributed by atoms with Crippen molar-refractivity contribution >= 4 is 5.96 Å². The van der Waals surface area contributed by atoms with Crippen LogP contribution in [0.3, 0.4) is 0 Å². The number of hydrogen-bond donors (Lipinski definition) is 2. The molecule has 0 bridgehead atoms. The Morgan fingerprint density at radius 1 is 1.03 bits per heavy atom. The maximum atomic E-state index is 6.20. The zero-order chi connectivity index (χ0) is 22.9. The van der Waals surface area contributed by atoms with Gasteiger partial charge >= 0.3 is 0 Å². The molecule has 2 fully saturated rings. The van der Waals surface area contributed by atoms with Gasteiger partial charge in [-0.05, 0) is 50.7 Å². The third-order valence-corrected chi connectivity index (χ3v) is 6.86. The summed E-state index contributed by atoms with van der Waals surface area (Å²) >= 11 is 0. The van der Waals surface area contributed by atoms with Crippen LogP contribution in [0, 0.1) is 12.8 Å². The molecule has 2 aliphatic rings. The Hall–Kier alpha value is -2.37. The van der Waals surface area contributed by atoms with Gasteiger partial charge < -0.3 is 15.4 Å². The fraction of sp³-hybridized carbons (Fsp3) is 0.536. The lowest BCUT2D eigenvalue weighted by molar-refractivity contribution is -0.0250. The average molecular weight is 449 g/mol. The zero-order valence-corrected chi connectivity index (χ0v) is 20.3. The Bertz CT molecular complexity index is 859. The predicted molar refractivity (Wildman–Crippen MR) is 136 cm³/mol. The first kappa shape index (κ1) is 23.8. The molecule has 4 rings (SSSR count). The van der Waals surface area contributed by atoms with Gasteiger partial charge in [0.25, 0.3) is 0 Å². The highest BCUT2D eigenvalue weighted by molar-refractivity contribution is 5.80. The molecular weight excluding hydrogens is 408 g/mol. The molecule has 2 aliphatic heterocycles. The van der Waals surface area contributed by atoms with Crippen LogP contribution >= 0.6 is 0 Å². The van der Waals surface area contributed by atoms with Gasteiger partial charge in [0.05, 0.1) is 6.10 Å². The molecule has 2 aromatic rings. The molecule has 2 heterocycles. The summed E-state index contributed by atoms with van der Waals surface area (Å²) < 4.78 is 6.20. The van der Waals surface area contributed by atoms with E-state index in [0.717, 1.165) is 64.6 Å². The van der Waals surface area contributed by atoms with E-state index < -0.39 is 0 Å². The molecule has 2 unspecified atom stereocenters. The number of hydrogen-bond acceptors (Lipinski definition) is 3. The van der Waals surface area contributed by atoms with Crippen LogP contribution in [0.4, 0.5) is 0 Å². The van der Waals surface area contributed by atoms with Crippen LogP contribution in [0.25, 0.3) is 0 Å². The Labute approximate surface area is 199 Å². The van der Waals surface area contributed by atoms with Crippen molar-refractivity contribution < 1.29 is 4.74 Å². The molecule has 2 aromatic carbocycles. The van der Waals surface area contributed by atoms with Gasteiger partial charge in [0.1, 0.15) is 0 Å². The number of piperidine rings is 1. The van der Waals surface area contributed by atoms with Crippen molar-refractivity contribution in [2.45, 2.75) is 58.2 Å². The van der Waals surface area contributed by atoms with E-state index in [2.05, 4.69) is 84.0 Å². The lowest BCUT2D eigenvalue weighted by atomic mass is 9.89. The number of ether oxygens (including phenoxy) is 1. The van der Waals surface area contributed by atoms with E-state index in [-0.39, 0.29) is 6.10 Å². The Balaban J connectivity index is 1.31. The number of likely N-dealkylation sites (tertiary alicyclic amines) is 1. The molecule has 2 saturated heterocycles. The zero-order valence-electron chi connectivity index (χ0n) is 20.3. The number of benzene rings is 2. The molecule has 2 N–H and O–H groups in total. The summed E-state index contributed by atoms with van der Waals surface area (Å²) in [6.45, 7) is 10.1. The summed E-state index contributed by atoms with van der Waals surface area (Å²) in [5, 5.41) is 7.18. The molecule has 0 amide bonds. The van der Waals surface area contributed by atoms with Crippen LogP contribution in [-0.2, 0) is 11.3 Å². The molecule has 33 heavy (non-hydrogen) atoms. The Morgan fingerprint density at radius 2 is 1.79 bits per heavy atom. The molecule has 5 nitrogen and oxygen atoms in total. The Kier molecular flexibility index (Phi) is 8.79. The summed E-state index contributed by atoms with van der Waals surface area (Å²) in [5.74, 6) is 1.37. The first-order valence-corrected chi connectivity index (χ1v) is 12.7. The summed E-state index contributed by atoms with van der Waals surface area (Å²) in [7, 11) is 0. The summed E-state index contributed by atoms with van der Waals surface area (Å²) in [6.07, 6.45) is 4.73. The van der Waals surface area contributed by atoms with E-state index in [1.165, 1.54) is 23.1 Å². The maximum Gasteiger partial charge on any atom is 0.191 e. The van der Waals surface area contributed by atoms with E-state index in [4.69, 9.17) is 9.73 Å². The van der Waals surface area contributed by atoms with E-state index in [0.29, 0.717) is 12.0 Å². The predicted octanol–water partition coefficient (Wildman–Crippen LogP) is 4.68. The van der Waals surface area contributed by atoms with E-state index in [9.17, 15) is 0 Å². The smallest absolute Gasteiger partial charge is 0.191 e. The first-order valence-electron chi connectivity index (χ1n) is 12.7. The Morgan fingerprint density at radius 3 is 2.52 bits per heavy atom. The van der Waals surface area contributed by atoms with Crippen molar-refractivity contribution in [3.05, 3.63) is 71.3 Å². The summed E-state index contributed by atoms with van der Waals surface area (Å²) in [5.41, 5.74) is 3.97. The third kappa shape index (κ3) is 7.05. The molecule has 0 spiro atoms. The van der Waals surface area contributed by atoms with Crippen molar-refractivity contribution in [3.8, 4) is 0 Å². The highest BCUT2D eigenvalue weighted by Gasteiger charge is 2.27. The molecule has 0 radical (unpaired) electrons. The van der Waals surface area contributed by atoms with Gasteiger partial charge in [-0.2, -0.15) is 0 Å². The monoisotopic (exact) mass is 448 g/mol. The van der Waals surface area contributed by atoms with Gasteiger partial charge in [-0.25, -0.2) is 0 Å². The maximum absolute atomic E-state index is 6.20. The third-order valence-electron chi connectivity index (χ3n) is 6.86. The van der Waals surface area contributed by atoms with E-state index >= 15 is 0 Å². The van der Waals surface area contributed by atoms with Crippen LogP contribution < -0.4 is 10.6 Å². The van der Waals surface area contributed by atoms with Gasteiger partial charge in [0.2, 0.25) is 0 Å². The SMILES string of the molecule is CCNC(=NCC1CCCOC1c1ccc(C)cc1)NC1CCN(Cc2ccccc2)CC1. The topological polar surface area (TPSA) is 48.9 Å². The number of aliphatic imine (C=N–C) groups is 1. The van der Waals surface area contributed by atoms with E-state index in [1.54, 1.807) is 0 Å². The van der Waals surface area contributed by atoms with Gasteiger partial charge in [0, 0.05) is 51.3 Å². The quantitative estimate of drug-likeness (QED) is 0.477. The van der Waals surface area contributed by atoms with Crippen molar-refractivity contribution in [2.24, 2.45) is 10.9 Å². The normalized spacial score (nSPS) is 22.8. The fourth-order valence-corrected chi connectivity index (χ4v) is 4.95. The first-order chi connectivity index (χ1) is 16.2. The molecular formula is C28H40N4O. The largest absolute Gasteiger partial charge is 0.373 e. The second-order valence-corrected chi connectivity index (χ2v) is 9.50. The molecule has 5 heteroatoms. The van der Waals surface area contributed by atoms with Gasteiger partial charge in [-0.1, -0.05) is 60.2 Å². The van der Waals surface area contributed by atoms with E-state index in [1.807, 2.05) is 0 Å². The average Bonchev–Trinajstić information content (AvgIpc) is 2.85. The fourth-order valence-electron chi connectivity index (χ4n) is 4.95. The summed E-state index contributed by atoms with van der Waals surface area (Å²) in [4.78, 5) is 7.57. The van der Waals surface area contributed by atoms with Crippen molar-refractivity contribution in [3.63, 3.8) is 0 Å². The van der Waals surface area contributed by atoms with Crippen molar-refractivity contribution in [1.82, 2.24) is 15.5 Å². The number of nitrogens with zero attached hydrogens (tertiary/aromatic N) is 2. The van der Waals surface area contributed by atoms with Gasteiger partial charge in [0.15, 0.2) is 5.96 Å². The van der Waals surface area contributed by atoms with Crippen molar-refractivity contribution in [2.75, 3.05) is 32.8 Å². The van der Waals surface area contributed by atoms with Crippen LogP contribution in [-0.4, -0.2) is 49.7 Å². The van der Waals surface area contributed by atoms with Crippen molar-refractivity contribution in [1.29, 1.82) is 0 Å². The van der Waals surface area contributed by atoms with Crippen LogP contribution in [0.2, 0.25) is 0 Å². The molecule has 178 valence electrons. The highest BCUT2D eigenvalue weighted by atomic mass is 16.5. The number of aryl methyl sites for hydroxylation is 1. The lowest BCUT2D eigenvalue weighted by Gasteiger charge is -2.34. The molecule has 0 saturated carbocycles. The standard InChI is InChI=1S/C28H40N4O/c1-3-29-28(31-26-15-17-32(18-16-26)21-23-8-5-4-6-9-23)30-20-25-10-7-19-33-27(25)24-13-11-22(2)12-14-24/h4-6,8-9,11-14,25-27H,3,7,10,15-21H2,1-2H3,(H2,29,30,31). The second kappa shape index (κ2) is 12.2. The van der Waals surface area contributed by atoms with Gasteiger partial charge in [-0.3, -0.25) is 9.89 Å². The van der Waals surface area contributed by atoms with Crippen LogP contribution in [0.5, 0.6) is 0 Å². The minimum Gasteiger partial charge on any atom is -0.373 e. The molecule has 0 aromatic heterocycles. The molecule has 2 atom stereocenters. The minimum absolute atomic E-state index is 0.146. The van der Waals surface area contributed by atoms with Crippen LogP contribution in [0.1, 0.15) is 55.4 Å². The number of guanidine groups is 1. The van der Waals surface area contributed by atoms with Gasteiger partial charge in [-0.15, -0.1) is 0 Å². The molecule has 0 aliphatic carbocycles. The number of nitrogens with one attached hydrogen (secondary N) is 2. The van der Waals surface area contributed by atoms with Crippen LogP contribution in [0.15, 0.2) is 59.6 Å². The minimum atomic E-state index is 0.146. The highest BCUT2D eigenvalue weighted by Crippen LogP contribution is 2.34. The summed E-state index contributed by atoms with van der Waals surface area (Å²) in [6, 6.07) is 20.1. The lowest BCUT2D eigenvalue weighted by Crippen LogP contribution is -2.48. The second-order valence-electron chi connectivity index (χ2n) is 9.50.